The van der Waals surface area contributed by atoms with Crippen molar-refractivity contribution in [3.8, 4) is 50.2 Å². The quantitative estimate of drug-likeness (QED) is 0.147. The maximum Gasteiger partial charge on any atom is 0.0619 e. The zero-order chi connectivity index (χ0) is 49.1. The zero-order valence-corrected chi connectivity index (χ0v) is 42.0. The minimum Gasteiger partial charge on any atom is -0.310 e. The van der Waals surface area contributed by atoms with Crippen LogP contribution < -0.4 is 4.90 Å². The van der Waals surface area contributed by atoms with Gasteiger partial charge in [-0.25, -0.2) is 0 Å². The van der Waals surface area contributed by atoms with Gasteiger partial charge in [0.1, 0.15) is 0 Å². The number of para-hydroxylation sites is 4. The van der Waals surface area contributed by atoms with Crippen LogP contribution in [0.1, 0.15) is 52.7 Å². The number of nitrogens with zero attached hydrogens (tertiary/aromatic N) is 2. The number of hydrogen-bond donors (Lipinski definition) is 0. The minimum absolute atomic E-state index is 0.0144. The Bertz CT molecular complexity index is 3950. The van der Waals surface area contributed by atoms with Crippen molar-refractivity contribution < 1.29 is 0 Å². The number of benzene rings is 11. The van der Waals surface area contributed by atoms with Crippen LogP contribution in [-0.4, -0.2) is 4.57 Å². The Morgan fingerprint density at radius 1 is 0.333 bits per heavy atom. The lowest BCUT2D eigenvalue weighted by atomic mass is 9.78. The largest absolute Gasteiger partial charge is 0.310 e. The molecule has 0 N–H and O–H groups in total. The second-order valence-electron chi connectivity index (χ2n) is 21.4. The van der Waals surface area contributed by atoms with Crippen molar-refractivity contribution >= 4 is 60.4 Å². The third kappa shape index (κ3) is 7.94. The van der Waals surface area contributed by atoms with Crippen LogP contribution in [-0.2, 0) is 10.8 Å². The fourth-order valence-electron chi connectivity index (χ4n) is 11.0. The van der Waals surface area contributed by atoms with E-state index in [4.69, 9.17) is 0 Å². The van der Waals surface area contributed by atoms with Crippen LogP contribution in [0.25, 0.3) is 93.5 Å². The molecule has 1 aromatic heterocycles. The van der Waals surface area contributed by atoms with E-state index in [1.807, 2.05) is 0 Å². The maximum absolute atomic E-state index is 2.47. The first kappa shape index (κ1) is 44.7. The molecular weight excluding hydrogens is 869 g/mol. The van der Waals surface area contributed by atoms with E-state index in [1.165, 1.54) is 87.9 Å². The molecule has 0 bridgehead atoms. The second-order valence-corrected chi connectivity index (χ2v) is 21.4. The van der Waals surface area contributed by atoms with Crippen molar-refractivity contribution in [3.05, 3.63) is 254 Å². The predicted octanol–water partition coefficient (Wildman–Crippen LogP) is 19.8. The van der Waals surface area contributed by atoms with Crippen LogP contribution in [0.4, 0.5) is 17.1 Å². The fourth-order valence-corrected chi connectivity index (χ4v) is 11.0. The molecule has 72 heavy (non-hydrogen) atoms. The third-order valence-electron chi connectivity index (χ3n) is 14.7. The van der Waals surface area contributed by atoms with E-state index in [2.05, 4.69) is 294 Å². The van der Waals surface area contributed by atoms with Crippen molar-refractivity contribution in [2.75, 3.05) is 4.90 Å². The van der Waals surface area contributed by atoms with Crippen LogP contribution in [0.15, 0.2) is 243 Å². The van der Waals surface area contributed by atoms with Gasteiger partial charge in [-0.05, 0) is 125 Å². The monoisotopic (exact) mass is 926 g/mol. The average Bonchev–Trinajstić information content (AvgIpc) is 3.75. The number of hydrogen-bond acceptors (Lipinski definition) is 1. The summed E-state index contributed by atoms with van der Waals surface area (Å²) in [5.74, 6) is 0. The molecule has 1 heterocycles. The molecule has 12 aromatic rings. The van der Waals surface area contributed by atoms with Crippen molar-refractivity contribution in [1.82, 2.24) is 4.57 Å². The Labute approximate surface area is 424 Å². The fraction of sp³-hybridized carbons (Fsp3) is 0.114. The van der Waals surface area contributed by atoms with Crippen molar-refractivity contribution in [2.24, 2.45) is 0 Å². The lowest BCUT2D eigenvalue weighted by molar-refractivity contribution is 0.569. The van der Waals surface area contributed by atoms with E-state index in [-0.39, 0.29) is 10.8 Å². The third-order valence-corrected chi connectivity index (χ3v) is 14.7. The highest BCUT2D eigenvalue weighted by atomic mass is 15.1. The molecule has 0 aliphatic rings. The summed E-state index contributed by atoms with van der Waals surface area (Å²) in [6.45, 7) is 13.9. The predicted molar refractivity (Wildman–Crippen MR) is 310 cm³/mol. The first-order valence-corrected chi connectivity index (χ1v) is 25.3. The van der Waals surface area contributed by atoms with E-state index in [0.717, 1.165) is 33.9 Å². The second kappa shape index (κ2) is 17.7. The standard InChI is InChI=1S/C70H58N2/c1-69(2,3)52-43-51(44-53(46-52)70(4,5)6)59-33-18-23-49-24-19-35-63(67(49)59)61-30-12-14-37-65(61)71(56-28-16-25-50(45-56)58-32-17-22-47-21-10-11-29-57(47)58)55-41-39-48(40-42-55)60-34-20-36-64-62-31-13-15-38-66(62)72(68(60)64)54-26-8-7-9-27-54/h7-46H,1-6H3. The molecule has 12 rings (SSSR count). The molecular formula is C70H58N2. The van der Waals surface area contributed by atoms with Gasteiger partial charge in [0.2, 0.25) is 0 Å². The Hall–Kier alpha value is -8.46. The number of rotatable bonds is 8. The smallest absolute Gasteiger partial charge is 0.0619 e. The van der Waals surface area contributed by atoms with E-state index < -0.39 is 0 Å². The highest BCUT2D eigenvalue weighted by Crippen LogP contribution is 2.47. The minimum atomic E-state index is -0.0144. The van der Waals surface area contributed by atoms with Crippen LogP contribution in [0.2, 0.25) is 0 Å². The lowest BCUT2D eigenvalue weighted by Gasteiger charge is -2.29. The summed E-state index contributed by atoms with van der Waals surface area (Å²) in [6.07, 6.45) is 0. The molecule has 0 amide bonds. The van der Waals surface area contributed by atoms with Crippen molar-refractivity contribution in [2.45, 2.75) is 52.4 Å². The van der Waals surface area contributed by atoms with Gasteiger partial charge in [0.15, 0.2) is 0 Å². The first-order valence-electron chi connectivity index (χ1n) is 25.3. The van der Waals surface area contributed by atoms with Gasteiger partial charge in [0.25, 0.3) is 0 Å². The molecule has 2 heteroatoms. The molecule has 0 aliphatic carbocycles. The highest BCUT2D eigenvalue weighted by Gasteiger charge is 2.25. The van der Waals surface area contributed by atoms with Gasteiger partial charge in [0, 0.05) is 39.0 Å². The molecule has 0 spiro atoms. The molecule has 11 aromatic carbocycles. The van der Waals surface area contributed by atoms with Gasteiger partial charge in [0.05, 0.1) is 16.7 Å². The van der Waals surface area contributed by atoms with Crippen LogP contribution in [0, 0.1) is 0 Å². The van der Waals surface area contributed by atoms with Crippen LogP contribution >= 0.6 is 0 Å². The van der Waals surface area contributed by atoms with Gasteiger partial charge in [-0.2, -0.15) is 0 Å². The molecule has 2 nitrogen and oxygen atoms in total. The van der Waals surface area contributed by atoms with E-state index in [9.17, 15) is 0 Å². The summed E-state index contributed by atoms with van der Waals surface area (Å²) >= 11 is 0. The van der Waals surface area contributed by atoms with Crippen molar-refractivity contribution in [1.29, 1.82) is 0 Å². The molecule has 348 valence electrons. The van der Waals surface area contributed by atoms with Gasteiger partial charge in [-0.15, -0.1) is 0 Å². The van der Waals surface area contributed by atoms with E-state index in [1.54, 1.807) is 0 Å². The van der Waals surface area contributed by atoms with Gasteiger partial charge < -0.3 is 9.47 Å². The summed E-state index contributed by atoms with van der Waals surface area (Å²) in [6, 6.07) is 89.8. The molecule has 0 saturated carbocycles. The van der Waals surface area contributed by atoms with Gasteiger partial charge >= 0.3 is 0 Å². The zero-order valence-electron chi connectivity index (χ0n) is 42.0. The Morgan fingerprint density at radius 3 is 1.64 bits per heavy atom. The normalized spacial score (nSPS) is 12.0. The van der Waals surface area contributed by atoms with Gasteiger partial charge in [-0.3, -0.25) is 0 Å². The van der Waals surface area contributed by atoms with Crippen LogP contribution in [0.3, 0.4) is 0 Å². The summed E-state index contributed by atoms with van der Waals surface area (Å²) in [5, 5.41) is 7.43. The number of fused-ring (bicyclic) bond motifs is 5. The average molecular weight is 927 g/mol. The topological polar surface area (TPSA) is 8.17 Å². The maximum atomic E-state index is 2.47. The highest BCUT2D eigenvalue weighted by molar-refractivity contribution is 6.14. The molecule has 0 radical (unpaired) electrons. The molecule has 0 fully saturated rings. The Morgan fingerprint density at radius 2 is 0.889 bits per heavy atom. The Kier molecular flexibility index (Phi) is 11.0. The summed E-state index contributed by atoms with van der Waals surface area (Å²) in [5.41, 5.74) is 19.1. The molecule has 0 unspecified atom stereocenters. The molecule has 0 atom stereocenters. The van der Waals surface area contributed by atoms with Crippen molar-refractivity contribution in [3.63, 3.8) is 0 Å². The summed E-state index contributed by atoms with van der Waals surface area (Å²) in [7, 11) is 0. The molecule has 0 aliphatic heterocycles. The van der Waals surface area contributed by atoms with E-state index >= 15 is 0 Å². The van der Waals surface area contributed by atoms with Gasteiger partial charge in [-0.1, -0.05) is 236 Å². The van der Waals surface area contributed by atoms with E-state index in [0.29, 0.717) is 0 Å². The number of aromatic nitrogens is 1. The van der Waals surface area contributed by atoms with Crippen LogP contribution in [0.5, 0.6) is 0 Å². The SMILES string of the molecule is CC(C)(C)c1cc(-c2cccc3cccc(-c4ccccc4N(c4ccc(-c5cccc6c7ccccc7n(-c7ccccc7)c56)cc4)c4cccc(-c5cccc6ccccc56)c4)c23)cc(C(C)(C)C)c1. The summed E-state index contributed by atoms with van der Waals surface area (Å²) < 4.78 is 2.43. The summed E-state index contributed by atoms with van der Waals surface area (Å²) in [4.78, 5) is 2.47. The molecule has 0 saturated heterocycles. The Balaban J connectivity index is 1.07. The lowest BCUT2D eigenvalue weighted by Crippen LogP contribution is -2.16. The first-order chi connectivity index (χ1) is 35.0. The number of anilines is 3.